The minimum absolute atomic E-state index is 0.0121. The van der Waals surface area contributed by atoms with Gasteiger partial charge in [0.25, 0.3) is 0 Å². The lowest BCUT2D eigenvalue weighted by Crippen LogP contribution is -2.35. The quantitative estimate of drug-likeness (QED) is 0.557. The minimum Gasteiger partial charge on any atom is -0.396 e. The summed E-state index contributed by atoms with van der Waals surface area (Å²) in [6, 6.07) is -0.215. The number of sulfonamides is 1. The molecule has 86 valence electrons. The van der Waals surface area contributed by atoms with Crippen molar-refractivity contribution in [1.82, 2.24) is 4.72 Å². The van der Waals surface area contributed by atoms with Crippen molar-refractivity contribution in [2.75, 3.05) is 26.1 Å². The molecule has 0 aliphatic heterocycles. The first-order chi connectivity index (χ1) is 6.52. The SMILES string of the molecule is COCCCS(=O)(=O)NC(C)CCO. The molecule has 0 aliphatic rings. The monoisotopic (exact) mass is 225 g/mol. The normalized spacial score (nSPS) is 14.2. The van der Waals surface area contributed by atoms with Gasteiger partial charge in [0.2, 0.25) is 10.0 Å². The summed E-state index contributed by atoms with van der Waals surface area (Å²) in [6.45, 7) is 2.15. The van der Waals surface area contributed by atoms with E-state index in [-0.39, 0.29) is 18.4 Å². The van der Waals surface area contributed by atoms with Crippen LogP contribution in [0.2, 0.25) is 0 Å². The van der Waals surface area contributed by atoms with Crippen molar-refractivity contribution in [1.29, 1.82) is 0 Å². The van der Waals surface area contributed by atoms with E-state index < -0.39 is 10.0 Å². The fraction of sp³-hybridized carbons (Fsp3) is 1.00. The Labute approximate surface area is 85.5 Å². The van der Waals surface area contributed by atoms with Gasteiger partial charge in [0, 0.05) is 26.4 Å². The molecule has 0 rings (SSSR count). The maximum atomic E-state index is 11.3. The zero-order valence-corrected chi connectivity index (χ0v) is 9.51. The Morgan fingerprint density at radius 2 is 2.14 bits per heavy atom. The predicted molar refractivity (Wildman–Crippen MR) is 54.6 cm³/mol. The molecular weight excluding hydrogens is 206 g/mol. The second kappa shape index (κ2) is 7.17. The standard InChI is InChI=1S/C8H19NO4S/c1-8(4-5-10)9-14(11,12)7-3-6-13-2/h8-10H,3-7H2,1-2H3. The molecular formula is C8H19NO4S. The first kappa shape index (κ1) is 13.8. The van der Waals surface area contributed by atoms with Gasteiger partial charge in [0.1, 0.15) is 0 Å². The summed E-state index contributed by atoms with van der Waals surface area (Å²) in [5, 5.41) is 8.59. The summed E-state index contributed by atoms with van der Waals surface area (Å²) < 4.78 is 29.9. The Hall–Kier alpha value is -0.170. The van der Waals surface area contributed by atoms with E-state index in [0.717, 1.165) is 0 Å². The maximum Gasteiger partial charge on any atom is 0.211 e. The Morgan fingerprint density at radius 1 is 1.50 bits per heavy atom. The summed E-state index contributed by atoms with van der Waals surface area (Å²) >= 11 is 0. The van der Waals surface area contributed by atoms with Crippen LogP contribution in [0.5, 0.6) is 0 Å². The van der Waals surface area contributed by atoms with E-state index in [2.05, 4.69) is 4.72 Å². The molecule has 0 aliphatic carbocycles. The van der Waals surface area contributed by atoms with E-state index in [1.165, 1.54) is 7.11 Å². The third kappa shape index (κ3) is 7.25. The third-order valence-electron chi connectivity index (χ3n) is 1.70. The number of ether oxygens (including phenoxy) is 1. The predicted octanol–water partition coefficient (Wildman–Crippen LogP) is -0.287. The van der Waals surface area contributed by atoms with Gasteiger partial charge >= 0.3 is 0 Å². The van der Waals surface area contributed by atoms with E-state index in [1.807, 2.05) is 0 Å². The fourth-order valence-corrected chi connectivity index (χ4v) is 2.36. The van der Waals surface area contributed by atoms with Crippen LogP contribution in [-0.2, 0) is 14.8 Å². The topological polar surface area (TPSA) is 75.6 Å². The number of hydrogen-bond donors (Lipinski definition) is 2. The molecule has 1 atom stereocenters. The molecule has 2 N–H and O–H groups in total. The van der Waals surface area contributed by atoms with Crippen LogP contribution < -0.4 is 4.72 Å². The molecule has 0 aromatic heterocycles. The molecule has 0 bridgehead atoms. The average Bonchev–Trinajstić information content (AvgIpc) is 2.03. The number of aliphatic hydroxyl groups is 1. The zero-order valence-electron chi connectivity index (χ0n) is 8.69. The van der Waals surface area contributed by atoms with Gasteiger partial charge in [-0.15, -0.1) is 0 Å². The van der Waals surface area contributed by atoms with E-state index in [1.54, 1.807) is 6.92 Å². The third-order valence-corrected chi connectivity index (χ3v) is 3.29. The fourth-order valence-electron chi connectivity index (χ4n) is 1.01. The van der Waals surface area contributed by atoms with Crippen LogP contribution in [0.15, 0.2) is 0 Å². The molecule has 0 saturated heterocycles. The van der Waals surface area contributed by atoms with Crippen molar-refractivity contribution >= 4 is 10.0 Å². The van der Waals surface area contributed by atoms with Gasteiger partial charge in [-0.1, -0.05) is 0 Å². The summed E-state index contributed by atoms with van der Waals surface area (Å²) in [7, 11) is -1.68. The molecule has 0 amide bonds. The highest BCUT2D eigenvalue weighted by Crippen LogP contribution is 1.96. The molecule has 0 radical (unpaired) electrons. The molecule has 0 aromatic rings. The molecule has 0 fully saturated rings. The number of hydrogen-bond acceptors (Lipinski definition) is 4. The van der Waals surface area contributed by atoms with E-state index in [9.17, 15) is 8.42 Å². The van der Waals surface area contributed by atoms with Crippen molar-refractivity contribution in [2.45, 2.75) is 25.8 Å². The molecule has 1 unspecified atom stereocenters. The first-order valence-corrected chi connectivity index (χ1v) is 6.27. The maximum absolute atomic E-state index is 11.3. The lowest BCUT2D eigenvalue weighted by molar-refractivity contribution is 0.199. The molecule has 0 aromatic carbocycles. The van der Waals surface area contributed by atoms with Crippen LogP contribution in [-0.4, -0.2) is 45.6 Å². The Morgan fingerprint density at radius 3 is 2.64 bits per heavy atom. The number of methoxy groups -OCH3 is 1. The van der Waals surface area contributed by atoms with Crippen molar-refractivity contribution in [3.8, 4) is 0 Å². The van der Waals surface area contributed by atoms with Crippen LogP contribution in [0, 0.1) is 0 Å². The minimum atomic E-state index is -3.22. The number of rotatable bonds is 8. The molecule has 0 spiro atoms. The Balaban J connectivity index is 3.82. The molecule has 5 nitrogen and oxygen atoms in total. The largest absolute Gasteiger partial charge is 0.396 e. The van der Waals surface area contributed by atoms with Crippen LogP contribution in [0.1, 0.15) is 19.8 Å². The molecule has 0 heterocycles. The highest BCUT2D eigenvalue weighted by molar-refractivity contribution is 7.89. The van der Waals surface area contributed by atoms with Crippen molar-refractivity contribution < 1.29 is 18.3 Å². The van der Waals surface area contributed by atoms with Gasteiger partial charge < -0.3 is 9.84 Å². The summed E-state index contributed by atoms with van der Waals surface area (Å²) in [6.07, 6.45) is 0.918. The highest BCUT2D eigenvalue weighted by Gasteiger charge is 2.13. The van der Waals surface area contributed by atoms with Gasteiger partial charge in [-0.2, -0.15) is 0 Å². The average molecular weight is 225 g/mol. The summed E-state index contributed by atoms with van der Waals surface area (Å²) in [4.78, 5) is 0. The zero-order chi connectivity index (χ0) is 11.0. The van der Waals surface area contributed by atoms with E-state index >= 15 is 0 Å². The first-order valence-electron chi connectivity index (χ1n) is 4.61. The van der Waals surface area contributed by atoms with Gasteiger partial charge in [-0.3, -0.25) is 0 Å². The number of nitrogens with one attached hydrogen (secondary N) is 1. The van der Waals surface area contributed by atoms with Crippen LogP contribution in [0.25, 0.3) is 0 Å². The lowest BCUT2D eigenvalue weighted by atomic mass is 10.3. The van der Waals surface area contributed by atoms with Crippen LogP contribution >= 0.6 is 0 Å². The van der Waals surface area contributed by atoms with Gasteiger partial charge in [-0.05, 0) is 19.8 Å². The van der Waals surface area contributed by atoms with Gasteiger partial charge in [0.15, 0.2) is 0 Å². The Kier molecular flexibility index (Phi) is 7.08. The Bertz CT molecular complexity index is 227. The van der Waals surface area contributed by atoms with Crippen LogP contribution in [0.3, 0.4) is 0 Å². The van der Waals surface area contributed by atoms with Crippen molar-refractivity contribution in [3.05, 3.63) is 0 Å². The van der Waals surface area contributed by atoms with Crippen molar-refractivity contribution in [3.63, 3.8) is 0 Å². The van der Waals surface area contributed by atoms with Crippen molar-refractivity contribution in [2.24, 2.45) is 0 Å². The van der Waals surface area contributed by atoms with Gasteiger partial charge in [0.05, 0.1) is 5.75 Å². The lowest BCUT2D eigenvalue weighted by Gasteiger charge is -2.12. The van der Waals surface area contributed by atoms with E-state index in [4.69, 9.17) is 9.84 Å². The second-order valence-corrected chi connectivity index (χ2v) is 5.07. The second-order valence-electron chi connectivity index (χ2n) is 3.20. The molecule has 0 saturated carbocycles. The van der Waals surface area contributed by atoms with Gasteiger partial charge in [-0.25, -0.2) is 13.1 Å². The smallest absolute Gasteiger partial charge is 0.211 e. The van der Waals surface area contributed by atoms with E-state index in [0.29, 0.717) is 19.4 Å². The molecule has 6 heteroatoms. The summed E-state index contributed by atoms with van der Waals surface area (Å²) in [5.41, 5.74) is 0. The highest BCUT2D eigenvalue weighted by atomic mass is 32.2. The molecule has 14 heavy (non-hydrogen) atoms. The number of aliphatic hydroxyl groups excluding tert-OH is 1. The summed E-state index contributed by atoms with van der Waals surface area (Å²) in [5.74, 6) is 0.0661. The van der Waals surface area contributed by atoms with Crippen LogP contribution in [0.4, 0.5) is 0 Å².